The number of anilines is 1. The smallest absolute Gasteiger partial charge is 0.160 e. The summed E-state index contributed by atoms with van der Waals surface area (Å²) in [5.41, 5.74) is 4.40. The molecule has 0 aliphatic heterocycles. The van der Waals surface area contributed by atoms with Crippen molar-refractivity contribution in [1.82, 2.24) is 4.98 Å². The Balaban J connectivity index is 1.85. The third-order valence-corrected chi connectivity index (χ3v) is 4.27. The lowest BCUT2D eigenvalue weighted by atomic mass is 10.2. The summed E-state index contributed by atoms with van der Waals surface area (Å²) in [6, 6.07) is 9.11. The number of thiazole rings is 1. The van der Waals surface area contributed by atoms with E-state index < -0.39 is 0 Å². The van der Waals surface area contributed by atoms with Gasteiger partial charge in [-0.2, -0.15) is 0 Å². The van der Waals surface area contributed by atoms with Crippen molar-refractivity contribution >= 4 is 38.8 Å². The molecule has 3 aromatic rings. The minimum absolute atomic E-state index is 0.120. The molecule has 3 rings (SSSR count). The number of phenolic OH excluding ortho intramolecular Hbond substituents is 1. The summed E-state index contributed by atoms with van der Waals surface area (Å²) >= 11 is 7.81. The molecule has 0 radical (unpaired) electrons. The highest BCUT2D eigenvalue weighted by molar-refractivity contribution is 7.16. The maximum Gasteiger partial charge on any atom is 0.160 e. The molecule has 0 atom stereocenters. The molecule has 1 aromatic heterocycles. The van der Waals surface area contributed by atoms with Crippen molar-refractivity contribution in [3.63, 3.8) is 0 Å². The predicted octanol–water partition coefficient (Wildman–Crippen LogP) is 4.28. The molecular formula is C15H13ClN2O2S. The van der Waals surface area contributed by atoms with Gasteiger partial charge in [0.2, 0.25) is 0 Å². The average Bonchev–Trinajstić information content (AvgIpc) is 2.95. The van der Waals surface area contributed by atoms with Crippen LogP contribution in [0.3, 0.4) is 0 Å². The zero-order valence-corrected chi connectivity index (χ0v) is 12.8. The summed E-state index contributed by atoms with van der Waals surface area (Å²) in [4.78, 5) is 4.34. The number of nitrogens with zero attached hydrogens (tertiary/aromatic N) is 1. The van der Waals surface area contributed by atoms with E-state index in [1.165, 1.54) is 7.11 Å². The van der Waals surface area contributed by atoms with Crippen LogP contribution in [0.4, 0.5) is 5.69 Å². The van der Waals surface area contributed by atoms with Crippen molar-refractivity contribution in [2.24, 2.45) is 0 Å². The number of hydrogen-bond donors (Lipinski definition) is 2. The number of benzene rings is 2. The molecule has 4 nitrogen and oxygen atoms in total. The molecule has 0 spiro atoms. The molecule has 6 heteroatoms. The molecule has 0 saturated carbocycles. The summed E-state index contributed by atoms with van der Waals surface area (Å²) < 4.78 is 6.11. The van der Waals surface area contributed by atoms with Crippen molar-refractivity contribution in [2.75, 3.05) is 12.4 Å². The van der Waals surface area contributed by atoms with Gasteiger partial charge in [0.1, 0.15) is 5.52 Å². The maximum atomic E-state index is 9.79. The van der Waals surface area contributed by atoms with E-state index in [0.29, 0.717) is 17.3 Å². The molecule has 0 bridgehead atoms. The average molecular weight is 321 g/mol. The second-order valence-electron chi connectivity index (χ2n) is 4.48. The van der Waals surface area contributed by atoms with Gasteiger partial charge < -0.3 is 15.2 Å². The molecule has 21 heavy (non-hydrogen) atoms. The molecule has 0 unspecified atom stereocenters. The normalized spacial score (nSPS) is 10.8. The second kappa shape index (κ2) is 5.79. The van der Waals surface area contributed by atoms with Crippen LogP contribution >= 0.6 is 22.9 Å². The van der Waals surface area contributed by atoms with E-state index in [1.807, 2.05) is 18.2 Å². The summed E-state index contributed by atoms with van der Waals surface area (Å²) in [7, 11) is 1.52. The SMILES string of the molecule is COc1ccc(CNc2c(Cl)ccc3scnc23)cc1O. The van der Waals surface area contributed by atoms with Crippen molar-refractivity contribution < 1.29 is 9.84 Å². The first-order valence-corrected chi connectivity index (χ1v) is 7.56. The summed E-state index contributed by atoms with van der Waals surface area (Å²) in [5, 5.41) is 13.7. The Bertz CT molecular complexity index is 788. The highest BCUT2D eigenvalue weighted by Crippen LogP contribution is 2.33. The molecule has 0 fully saturated rings. The molecule has 0 amide bonds. The molecule has 108 valence electrons. The van der Waals surface area contributed by atoms with Crippen LogP contribution in [-0.4, -0.2) is 17.2 Å². The van der Waals surface area contributed by atoms with Crippen LogP contribution in [0, 0.1) is 0 Å². The first-order chi connectivity index (χ1) is 10.2. The monoisotopic (exact) mass is 320 g/mol. The van der Waals surface area contributed by atoms with Crippen LogP contribution in [0.15, 0.2) is 35.8 Å². The van der Waals surface area contributed by atoms with Gasteiger partial charge in [-0.05, 0) is 29.8 Å². The summed E-state index contributed by atoms with van der Waals surface area (Å²) in [6.45, 7) is 0.536. The van der Waals surface area contributed by atoms with Crippen LogP contribution in [0.5, 0.6) is 11.5 Å². The number of rotatable bonds is 4. The van der Waals surface area contributed by atoms with Gasteiger partial charge in [0, 0.05) is 6.54 Å². The van der Waals surface area contributed by atoms with E-state index in [0.717, 1.165) is 21.5 Å². The Morgan fingerprint density at radius 1 is 1.33 bits per heavy atom. The van der Waals surface area contributed by atoms with Crippen LogP contribution < -0.4 is 10.1 Å². The zero-order valence-electron chi connectivity index (χ0n) is 11.3. The summed E-state index contributed by atoms with van der Waals surface area (Å²) in [5.74, 6) is 0.577. The van der Waals surface area contributed by atoms with Gasteiger partial charge in [0.05, 0.1) is 28.0 Å². The van der Waals surface area contributed by atoms with E-state index in [1.54, 1.807) is 29.0 Å². The highest BCUT2D eigenvalue weighted by atomic mass is 35.5. The van der Waals surface area contributed by atoms with Gasteiger partial charge in [0.15, 0.2) is 11.5 Å². The lowest BCUT2D eigenvalue weighted by molar-refractivity contribution is 0.373. The van der Waals surface area contributed by atoms with Crippen molar-refractivity contribution in [2.45, 2.75) is 6.54 Å². The van der Waals surface area contributed by atoms with Crippen LogP contribution in [0.1, 0.15) is 5.56 Å². The second-order valence-corrected chi connectivity index (χ2v) is 5.77. The number of fused-ring (bicyclic) bond motifs is 1. The highest BCUT2D eigenvalue weighted by Gasteiger charge is 2.09. The Kier molecular flexibility index (Phi) is 3.86. The van der Waals surface area contributed by atoms with Gasteiger partial charge in [-0.1, -0.05) is 17.7 Å². The van der Waals surface area contributed by atoms with Gasteiger partial charge in [-0.25, -0.2) is 4.98 Å². The third kappa shape index (κ3) is 2.75. The fourth-order valence-electron chi connectivity index (χ4n) is 2.11. The number of aromatic nitrogens is 1. The Morgan fingerprint density at radius 3 is 2.95 bits per heavy atom. The predicted molar refractivity (Wildman–Crippen MR) is 86.6 cm³/mol. The fraction of sp³-hybridized carbons (Fsp3) is 0.133. The molecule has 1 heterocycles. The maximum absolute atomic E-state index is 9.79. The van der Waals surface area contributed by atoms with Gasteiger partial charge in [-0.3, -0.25) is 0 Å². The lowest BCUT2D eigenvalue weighted by Crippen LogP contribution is -2.01. The van der Waals surface area contributed by atoms with E-state index in [9.17, 15) is 5.11 Å². The van der Waals surface area contributed by atoms with Crippen molar-refractivity contribution in [3.8, 4) is 11.5 Å². The van der Waals surface area contributed by atoms with Crippen molar-refractivity contribution in [1.29, 1.82) is 0 Å². The number of aromatic hydroxyl groups is 1. The molecule has 0 saturated heterocycles. The minimum atomic E-state index is 0.120. The fourth-order valence-corrected chi connectivity index (χ4v) is 3.01. The number of halogens is 1. The summed E-state index contributed by atoms with van der Waals surface area (Å²) in [6.07, 6.45) is 0. The molecule has 0 aliphatic rings. The standard InChI is InChI=1S/C15H13ClN2O2S/c1-20-12-4-2-9(6-11(12)19)7-17-14-10(16)3-5-13-15(14)18-8-21-13/h2-6,8,17,19H,7H2,1H3. The molecule has 0 aliphatic carbocycles. The zero-order chi connectivity index (χ0) is 14.8. The first-order valence-electron chi connectivity index (χ1n) is 6.30. The minimum Gasteiger partial charge on any atom is -0.504 e. The number of methoxy groups -OCH3 is 1. The largest absolute Gasteiger partial charge is 0.504 e. The van der Waals surface area contributed by atoms with Gasteiger partial charge in [-0.15, -0.1) is 11.3 Å². The number of ether oxygens (including phenoxy) is 1. The first kappa shape index (κ1) is 14.0. The number of hydrogen-bond acceptors (Lipinski definition) is 5. The van der Waals surface area contributed by atoms with Crippen LogP contribution in [-0.2, 0) is 6.54 Å². The molecule has 2 N–H and O–H groups in total. The van der Waals surface area contributed by atoms with Gasteiger partial charge >= 0.3 is 0 Å². The third-order valence-electron chi connectivity index (χ3n) is 3.16. The molecule has 2 aromatic carbocycles. The van der Waals surface area contributed by atoms with E-state index in [4.69, 9.17) is 16.3 Å². The van der Waals surface area contributed by atoms with E-state index >= 15 is 0 Å². The topological polar surface area (TPSA) is 54.4 Å². The quantitative estimate of drug-likeness (QED) is 0.753. The number of nitrogens with one attached hydrogen (secondary N) is 1. The van der Waals surface area contributed by atoms with Crippen LogP contribution in [0.2, 0.25) is 5.02 Å². The van der Waals surface area contributed by atoms with E-state index in [-0.39, 0.29) is 5.75 Å². The Morgan fingerprint density at radius 2 is 2.19 bits per heavy atom. The lowest BCUT2D eigenvalue weighted by Gasteiger charge is -2.10. The Labute approximate surface area is 131 Å². The van der Waals surface area contributed by atoms with E-state index in [2.05, 4.69) is 10.3 Å². The van der Waals surface area contributed by atoms with Crippen molar-refractivity contribution in [3.05, 3.63) is 46.4 Å². The number of phenols is 1. The Hall–Kier alpha value is -1.98. The van der Waals surface area contributed by atoms with Crippen LogP contribution in [0.25, 0.3) is 10.2 Å². The van der Waals surface area contributed by atoms with Gasteiger partial charge in [0.25, 0.3) is 0 Å². The molecular weight excluding hydrogens is 308 g/mol.